The van der Waals surface area contributed by atoms with Crippen molar-refractivity contribution in [3.63, 3.8) is 0 Å². The van der Waals surface area contributed by atoms with Crippen molar-refractivity contribution < 1.29 is 4.74 Å². The molecule has 0 aliphatic carbocycles. The van der Waals surface area contributed by atoms with Gasteiger partial charge in [0.2, 0.25) is 5.88 Å². The predicted molar refractivity (Wildman–Crippen MR) is 68.9 cm³/mol. The van der Waals surface area contributed by atoms with Crippen LogP contribution in [0.25, 0.3) is 0 Å². The van der Waals surface area contributed by atoms with Crippen LogP contribution >= 0.6 is 0 Å². The fourth-order valence-corrected chi connectivity index (χ4v) is 1.49. The highest BCUT2D eigenvalue weighted by atomic mass is 16.5. The van der Waals surface area contributed by atoms with Gasteiger partial charge < -0.3 is 10.5 Å². The summed E-state index contributed by atoms with van der Waals surface area (Å²) in [4.78, 5) is 4.21. The highest BCUT2D eigenvalue weighted by Crippen LogP contribution is 2.17. The first kappa shape index (κ1) is 11.9. The number of ether oxygens (including phenoxy) is 1. The molecule has 1 aromatic carbocycles. The summed E-state index contributed by atoms with van der Waals surface area (Å²) in [6, 6.07) is 13.0. The number of hydrogen-bond acceptors (Lipinski definition) is 4. The maximum absolute atomic E-state index is 8.96. The molecule has 0 unspecified atom stereocenters. The van der Waals surface area contributed by atoms with Gasteiger partial charge in [-0.3, -0.25) is 0 Å². The molecule has 0 aliphatic heterocycles. The number of pyridine rings is 1. The molecule has 1 heterocycles. The molecule has 0 bridgehead atoms. The molecular weight excluding hydrogens is 226 g/mol. The standard InChI is InChI=1S/C14H13N3O/c1-10-2-5-12(8-15)14(17-10)18-9-11-3-6-13(16)7-4-11/h2-7H,9,16H2,1H3. The maximum atomic E-state index is 8.96. The molecule has 4 nitrogen and oxygen atoms in total. The zero-order valence-electron chi connectivity index (χ0n) is 10.1. The molecular formula is C14H13N3O. The van der Waals surface area contributed by atoms with Gasteiger partial charge in [-0.1, -0.05) is 12.1 Å². The van der Waals surface area contributed by atoms with Crippen LogP contribution in [0.2, 0.25) is 0 Å². The lowest BCUT2D eigenvalue weighted by Crippen LogP contribution is -2.00. The Morgan fingerprint density at radius 2 is 1.94 bits per heavy atom. The minimum atomic E-state index is 0.366. The number of hydrogen-bond donors (Lipinski definition) is 1. The lowest BCUT2D eigenvalue weighted by molar-refractivity contribution is 0.292. The highest BCUT2D eigenvalue weighted by Gasteiger charge is 2.05. The second kappa shape index (κ2) is 5.19. The SMILES string of the molecule is Cc1ccc(C#N)c(OCc2ccc(N)cc2)n1. The molecule has 18 heavy (non-hydrogen) atoms. The van der Waals surface area contributed by atoms with Crippen molar-refractivity contribution in [2.24, 2.45) is 0 Å². The minimum Gasteiger partial charge on any atom is -0.472 e. The molecule has 0 aliphatic rings. The van der Waals surface area contributed by atoms with Gasteiger partial charge in [0.15, 0.2) is 0 Å². The van der Waals surface area contributed by atoms with Crippen LogP contribution in [0.5, 0.6) is 5.88 Å². The third-order valence-corrected chi connectivity index (χ3v) is 2.48. The Morgan fingerprint density at radius 3 is 2.61 bits per heavy atom. The van der Waals surface area contributed by atoms with Crippen LogP contribution in [0.1, 0.15) is 16.8 Å². The van der Waals surface area contributed by atoms with Gasteiger partial charge in [0.25, 0.3) is 0 Å². The van der Waals surface area contributed by atoms with Gasteiger partial charge in [-0.05, 0) is 36.8 Å². The fourth-order valence-electron chi connectivity index (χ4n) is 1.49. The van der Waals surface area contributed by atoms with Gasteiger partial charge in [0, 0.05) is 11.4 Å². The first-order chi connectivity index (χ1) is 8.69. The molecule has 0 saturated carbocycles. The first-order valence-electron chi connectivity index (χ1n) is 5.54. The van der Waals surface area contributed by atoms with Crippen molar-refractivity contribution in [3.8, 4) is 11.9 Å². The third kappa shape index (κ3) is 2.77. The van der Waals surface area contributed by atoms with Gasteiger partial charge in [-0.2, -0.15) is 5.26 Å². The van der Waals surface area contributed by atoms with Crippen LogP contribution in [-0.4, -0.2) is 4.98 Å². The van der Waals surface area contributed by atoms with Crippen molar-refractivity contribution in [2.75, 3.05) is 5.73 Å². The molecule has 0 spiro atoms. The topological polar surface area (TPSA) is 71.9 Å². The van der Waals surface area contributed by atoms with E-state index in [1.165, 1.54) is 0 Å². The maximum Gasteiger partial charge on any atom is 0.232 e. The average Bonchev–Trinajstić information content (AvgIpc) is 2.38. The first-order valence-corrected chi connectivity index (χ1v) is 5.54. The Kier molecular flexibility index (Phi) is 3.44. The molecule has 2 N–H and O–H groups in total. The smallest absolute Gasteiger partial charge is 0.232 e. The number of benzene rings is 1. The van der Waals surface area contributed by atoms with Crippen LogP contribution in [0.15, 0.2) is 36.4 Å². The number of nitrogens with zero attached hydrogens (tertiary/aromatic N) is 2. The van der Waals surface area contributed by atoms with Crippen molar-refractivity contribution in [2.45, 2.75) is 13.5 Å². The van der Waals surface area contributed by atoms with Crippen LogP contribution in [0, 0.1) is 18.3 Å². The third-order valence-electron chi connectivity index (χ3n) is 2.48. The van der Waals surface area contributed by atoms with E-state index in [4.69, 9.17) is 15.7 Å². The molecule has 0 saturated heterocycles. The molecule has 4 heteroatoms. The lowest BCUT2D eigenvalue weighted by atomic mass is 10.2. The molecule has 2 aromatic rings. The molecule has 0 radical (unpaired) electrons. The highest BCUT2D eigenvalue weighted by molar-refractivity contribution is 5.40. The quantitative estimate of drug-likeness (QED) is 0.835. The monoisotopic (exact) mass is 239 g/mol. The van der Waals surface area contributed by atoms with E-state index in [1.54, 1.807) is 12.1 Å². The van der Waals surface area contributed by atoms with E-state index < -0.39 is 0 Å². The van der Waals surface area contributed by atoms with Crippen molar-refractivity contribution in [1.82, 2.24) is 4.98 Å². The molecule has 0 fully saturated rings. The molecule has 2 rings (SSSR count). The number of rotatable bonds is 3. The van der Waals surface area contributed by atoms with Crippen LogP contribution in [0.3, 0.4) is 0 Å². The summed E-state index contributed by atoms with van der Waals surface area (Å²) in [5.74, 6) is 0.370. The lowest BCUT2D eigenvalue weighted by Gasteiger charge is -2.07. The number of nitrogen functional groups attached to an aromatic ring is 1. The van der Waals surface area contributed by atoms with E-state index in [0.29, 0.717) is 23.7 Å². The summed E-state index contributed by atoms with van der Waals surface area (Å²) < 4.78 is 5.56. The summed E-state index contributed by atoms with van der Waals surface area (Å²) in [6.07, 6.45) is 0. The Balaban J connectivity index is 2.13. The number of nitrogens with two attached hydrogens (primary N) is 1. The average molecular weight is 239 g/mol. The van der Waals surface area contributed by atoms with E-state index >= 15 is 0 Å². The summed E-state index contributed by atoms with van der Waals surface area (Å²) in [5.41, 5.74) is 8.56. The Labute approximate surface area is 106 Å². The summed E-state index contributed by atoms with van der Waals surface area (Å²) in [7, 11) is 0. The molecule has 1 aromatic heterocycles. The van der Waals surface area contributed by atoms with Crippen LogP contribution in [-0.2, 0) is 6.61 Å². The van der Waals surface area contributed by atoms with Crippen molar-refractivity contribution in [1.29, 1.82) is 5.26 Å². The zero-order chi connectivity index (χ0) is 13.0. The summed E-state index contributed by atoms with van der Waals surface area (Å²) in [5, 5.41) is 8.96. The van der Waals surface area contributed by atoms with E-state index in [9.17, 15) is 0 Å². The second-order valence-electron chi connectivity index (χ2n) is 3.95. The fraction of sp³-hybridized carbons (Fsp3) is 0.143. The van der Waals surface area contributed by atoms with Gasteiger partial charge in [0.05, 0.1) is 0 Å². The van der Waals surface area contributed by atoms with Gasteiger partial charge in [-0.25, -0.2) is 4.98 Å². The number of anilines is 1. The van der Waals surface area contributed by atoms with Crippen LogP contribution < -0.4 is 10.5 Å². The van der Waals surface area contributed by atoms with Gasteiger partial charge in [0.1, 0.15) is 18.2 Å². The van der Waals surface area contributed by atoms with E-state index in [1.807, 2.05) is 31.2 Å². The molecule has 0 atom stereocenters. The largest absolute Gasteiger partial charge is 0.472 e. The van der Waals surface area contributed by atoms with Gasteiger partial charge in [-0.15, -0.1) is 0 Å². The normalized spacial score (nSPS) is 9.78. The zero-order valence-corrected chi connectivity index (χ0v) is 10.1. The summed E-state index contributed by atoms with van der Waals surface area (Å²) >= 11 is 0. The molecule has 90 valence electrons. The van der Waals surface area contributed by atoms with Crippen LogP contribution in [0.4, 0.5) is 5.69 Å². The summed E-state index contributed by atoms with van der Waals surface area (Å²) in [6.45, 7) is 2.22. The van der Waals surface area contributed by atoms with Gasteiger partial charge >= 0.3 is 0 Å². The Hall–Kier alpha value is -2.54. The minimum absolute atomic E-state index is 0.366. The number of nitriles is 1. The van der Waals surface area contributed by atoms with E-state index in [0.717, 1.165) is 11.3 Å². The second-order valence-corrected chi connectivity index (χ2v) is 3.95. The predicted octanol–water partition coefficient (Wildman–Crippen LogP) is 2.42. The Morgan fingerprint density at radius 1 is 1.22 bits per heavy atom. The number of aromatic nitrogens is 1. The number of aryl methyl sites for hydroxylation is 1. The van der Waals surface area contributed by atoms with Crippen molar-refractivity contribution >= 4 is 5.69 Å². The molecule has 0 amide bonds. The van der Waals surface area contributed by atoms with Crippen molar-refractivity contribution in [3.05, 3.63) is 53.2 Å². The Bertz CT molecular complexity index is 585. The van der Waals surface area contributed by atoms with E-state index in [-0.39, 0.29) is 0 Å². The van der Waals surface area contributed by atoms with E-state index in [2.05, 4.69) is 11.1 Å².